The Morgan fingerprint density at radius 1 is 1.14 bits per heavy atom. The van der Waals surface area contributed by atoms with Gasteiger partial charge in [-0.2, -0.15) is 0 Å². The molecule has 1 aromatic carbocycles. The molecule has 1 unspecified atom stereocenters. The third-order valence-electron chi connectivity index (χ3n) is 3.70. The Morgan fingerprint density at radius 2 is 1.86 bits per heavy atom. The molecule has 2 aromatic heterocycles. The molecule has 1 N–H and O–H groups in total. The van der Waals surface area contributed by atoms with E-state index in [2.05, 4.69) is 29.8 Å². The molecule has 0 saturated heterocycles. The number of aryl methyl sites for hydroxylation is 2. The lowest BCUT2D eigenvalue weighted by atomic mass is 9.95. The average molecular weight is 319 g/mol. The number of halogens is 1. The second-order valence-electron chi connectivity index (χ2n) is 5.24. The summed E-state index contributed by atoms with van der Waals surface area (Å²) in [7, 11) is 0. The Balaban J connectivity index is 2.11. The zero-order chi connectivity index (χ0) is 15.0. The van der Waals surface area contributed by atoms with E-state index in [1.165, 1.54) is 19.8 Å². The summed E-state index contributed by atoms with van der Waals surface area (Å²) in [5.41, 5.74) is 3.22. The molecular weight excluding hydrogens is 301 g/mol. The first kappa shape index (κ1) is 14.7. The van der Waals surface area contributed by atoms with E-state index < -0.39 is 0 Å². The molecule has 0 aliphatic carbocycles. The van der Waals surface area contributed by atoms with Gasteiger partial charge in [0.05, 0.1) is 6.04 Å². The van der Waals surface area contributed by atoms with Gasteiger partial charge in [-0.05, 0) is 66.7 Å². The second-order valence-corrected chi connectivity index (χ2v) is 7.30. The molecule has 0 fully saturated rings. The number of benzene rings is 1. The van der Waals surface area contributed by atoms with Gasteiger partial charge in [0.2, 0.25) is 0 Å². The van der Waals surface area contributed by atoms with Gasteiger partial charge in [-0.1, -0.05) is 6.92 Å². The summed E-state index contributed by atoms with van der Waals surface area (Å²) in [6.45, 7) is 6.97. The maximum atomic E-state index is 13.6. The monoisotopic (exact) mass is 319 g/mol. The lowest BCUT2D eigenvalue weighted by molar-refractivity contribution is 0.610. The lowest BCUT2D eigenvalue weighted by Gasteiger charge is -2.21. The van der Waals surface area contributed by atoms with Crippen molar-refractivity contribution >= 4 is 32.1 Å². The first-order chi connectivity index (χ1) is 10.1. The van der Waals surface area contributed by atoms with Crippen molar-refractivity contribution in [2.24, 2.45) is 0 Å². The molecular formula is C17H18FNS2. The van der Waals surface area contributed by atoms with Crippen LogP contribution >= 0.6 is 22.7 Å². The van der Waals surface area contributed by atoms with Gasteiger partial charge in [0.15, 0.2) is 0 Å². The van der Waals surface area contributed by atoms with Crippen LogP contribution in [0.5, 0.6) is 0 Å². The van der Waals surface area contributed by atoms with Gasteiger partial charge in [-0.25, -0.2) is 4.39 Å². The molecule has 0 bridgehead atoms. The minimum Gasteiger partial charge on any atom is -0.306 e. The van der Waals surface area contributed by atoms with Crippen LogP contribution in [-0.2, 0) is 0 Å². The van der Waals surface area contributed by atoms with Crippen molar-refractivity contribution < 1.29 is 4.39 Å². The van der Waals surface area contributed by atoms with E-state index in [9.17, 15) is 4.39 Å². The van der Waals surface area contributed by atoms with Gasteiger partial charge in [0.1, 0.15) is 5.82 Å². The van der Waals surface area contributed by atoms with E-state index in [0.717, 1.165) is 17.7 Å². The average Bonchev–Trinajstić information content (AvgIpc) is 2.96. The number of nitrogens with one attached hydrogen (secondary N) is 1. The van der Waals surface area contributed by atoms with Crippen LogP contribution in [0, 0.1) is 19.7 Å². The molecule has 2 heterocycles. The first-order valence-corrected chi connectivity index (χ1v) is 8.76. The van der Waals surface area contributed by atoms with E-state index >= 15 is 0 Å². The molecule has 0 spiro atoms. The summed E-state index contributed by atoms with van der Waals surface area (Å²) >= 11 is 3.59. The third-order valence-corrected chi connectivity index (χ3v) is 5.86. The van der Waals surface area contributed by atoms with Gasteiger partial charge < -0.3 is 5.32 Å². The van der Waals surface area contributed by atoms with Gasteiger partial charge in [0.25, 0.3) is 0 Å². The predicted octanol–water partition coefficient (Wildman–Crippen LogP) is 5.42. The summed E-state index contributed by atoms with van der Waals surface area (Å²) < 4.78 is 16.2. The highest BCUT2D eigenvalue weighted by Crippen LogP contribution is 2.37. The number of hydrogen-bond acceptors (Lipinski definition) is 3. The standard InChI is InChI=1S/C17H18FNS2/c1-4-19-17(15-9-14-13(21-15)5-6-20-14)16-10(2)7-12(18)8-11(16)3/h5-9,17,19H,4H2,1-3H3. The topological polar surface area (TPSA) is 12.0 Å². The fraction of sp³-hybridized carbons (Fsp3) is 0.294. The van der Waals surface area contributed by atoms with Gasteiger partial charge in [-0.3, -0.25) is 0 Å². The maximum Gasteiger partial charge on any atom is 0.123 e. The molecule has 1 atom stereocenters. The number of hydrogen-bond donors (Lipinski definition) is 1. The van der Waals surface area contributed by atoms with Crippen LogP contribution in [0.15, 0.2) is 29.6 Å². The van der Waals surface area contributed by atoms with Crippen LogP contribution in [0.4, 0.5) is 4.39 Å². The first-order valence-electron chi connectivity index (χ1n) is 7.07. The van der Waals surface area contributed by atoms with Crippen LogP contribution in [0.2, 0.25) is 0 Å². The molecule has 0 aliphatic heterocycles. The molecule has 110 valence electrons. The van der Waals surface area contributed by atoms with Crippen LogP contribution in [0.1, 0.15) is 34.5 Å². The fourth-order valence-corrected chi connectivity index (χ4v) is 5.06. The van der Waals surface area contributed by atoms with E-state index in [4.69, 9.17) is 0 Å². The molecule has 0 amide bonds. The highest BCUT2D eigenvalue weighted by Gasteiger charge is 2.20. The van der Waals surface area contributed by atoms with Crippen LogP contribution in [0.3, 0.4) is 0 Å². The number of thiophene rings is 2. The maximum absolute atomic E-state index is 13.6. The second kappa shape index (κ2) is 5.87. The van der Waals surface area contributed by atoms with Gasteiger partial charge in [-0.15, -0.1) is 22.7 Å². The van der Waals surface area contributed by atoms with E-state index in [1.54, 1.807) is 23.5 Å². The Hall–Kier alpha value is -1.23. The van der Waals surface area contributed by atoms with E-state index in [1.807, 2.05) is 25.2 Å². The SMILES string of the molecule is CCNC(c1cc2sccc2s1)c1c(C)cc(F)cc1C. The number of fused-ring (bicyclic) bond motifs is 1. The fourth-order valence-electron chi connectivity index (χ4n) is 2.85. The lowest BCUT2D eigenvalue weighted by Crippen LogP contribution is -2.23. The predicted molar refractivity (Wildman–Crippen MR) is 91.1 cm³/mol. The van der Waals surface area contributed by atoms with Gasteiger partial charge >= 0.3 is 0 Å². The number of rotatable bonds is 4. The van der Waals surface area contributed by atoms with Crippen LogP contribution < -0.4 is 5.32 Å². The zero-order valence-electron chi connectivity index (χ0n) is 12.4. The quantitative estimate of drug-likeness (QED) is 0.677. The highest BCUT2D eigenvalue weighted by atomic mass is 32.1. The van der Waals surface area contributed by atoms with Crippen molar-refractivity contribution in [3.8, 4) is 0 Å². The van der Waals surface area contributed by atoms with Crippen molar-refractivity contribution in [1.29, 1.82) is 0 Å². The zero-order valence-corrected chi connectivity index (χ0v) is 14.0. The van der Waals surface area contributed by atoms with Crippen molar-refractivity contribution in [2.75, 3.05) is 6.54 Å². The van der Waals surface area contributed by atoms with E-state index in [0.29, 0.717) is 0 Å². The molecule has 21 heavy (non-hydrogen) atoms. The summed E-state index contributed by atoms with van der Waals surface area (Å²) in [5.74, 6) is -0.156. The minimum atomic E-state index is -0.156. The smallest absolute Gasteiger partial charge is 0.123 e. The molecule has 0 saturated carbocycles. The Bertz CT molecular complexity index is 721. The summed E-state index contributed by atoms with van der Waals surface area (Å²) in [4.78, 5) is 1.30. The normalized spacial score (nSPS) is 13.0. The highest BCUT2D eigenvalue weighted by molar-refractivity contribution is 7.27. The van der Waals surface area contributed by atoms with Gasteiger partial charge in [0, 0.05) is 14.3 Å². The van der Waals surface area contributed by atoms with Crippen molar-refractivity contribution in [3.05, 3.63) is 57.0 Å². The Morgan fingerprint density at radius 3 is 2.48 bits per heavy atom. The molecule has 1 nitrogen and oxygen atoms in total. The summed E-state index contributed by atoms with van der Waals surface area (Å²) in [6, 6.07) is 7.83. The van der Waals surface area contributed by atoms with Crippen molar-refractivity contribution in [2.45, 2.75) is 26.8 Å². The van der Waals surface area contributed by atoms with E-state index in [-0.39, 0.29) is 11.9 Å². The van der Waals surface area contributed by atoms with Crippen molar-refractivity contribution in [1.82, 2.24) is 5.32 Å². The van der Waals surface area contributed by atoms with Crippen molar-refractivity contribution in [3.63, 3.8) is 0 Å². The molecule has 0 radical (unpaired) electrons. The Labute approximate surface area is 132 Å². The minimum absolute atomic E-state index is 0.139. The van der Waals surface area contributed by atoms with Crippen LogP contribution in [-0.4, -0.2) is 6.54 Å². The molecule has 3 aromatic rings. The summed E-state index contributed by atoms with van der Waals surface area (Å²) in [5, 5.41) is 5.69. The Kier molecular flexibility index (Phi) is 4.11. The largest absolute Gasteiger partial charge is 0.306 e. The molecule has 3 rings (SSSR count). The molecule has 4 heteroatoms. The third kappa shape index (κ3) is 2.76. The van der Waals surface area contributed by atoms with Crippen LogP contribution in [0.25, 0.3) is 9.40 Å². The summed E-state index contributed by atoms with van der Waals surface area (Å²) in [6.07, 6.45) is 0. The molecule has 0 aliphatic rings.